The van der Waals surface area contributed by atoms with Crippen LogP contribution in [0.25, 0.3) is 0 Å². The molecule has 176 valence electrons. The maximum absolute atomic E-state index is 13.4. The number of rotatable bonds is 5. The van der Waals surface area contributed by atoms with E-state index in [-0.39, 0.29) is 11.8 Å². The van der Waals surface area contributed by atoms with Crippen LogP contribution in [0.1, 0.15) is 30.4 Å². The SMILES string of the molecule is O=C(Nc1cccc(F)c1)N1CCc2cc(CCC3CCN(c4cccc(Cl)c4)CC3)ccc21. The molecule has 2 aliphatic rings. The molecule has 0 aromatic heterocycles. The highest BCUT2D eigenvalue weighted by molar-refractivity contribution is 6.30. The van der Waals surface area contributed by atoms with Crippen molar-refractivity contribution in [3.63, 3.8) is 0 Å². The van der Waals surface area contributed by atoms with Crippen molar-refractivity contribution < 1.29 is 9.18 Å². The maximum atomic E-state index is 13.4. The number of hydrogen-bond donors (Lipinski definition) is 1. The van der Waals surface area contributed by atoms with E-state index in [9.17, 15) is 9.18 Å². The van der Waals surface area contributed by atoms with E-state index in [4.69, 9.17) is 11.6 Å². The van der Waals surface area contributed by atoms with Crippen LogP contribution in [0, 0.1) is 11.7 Å². The summed E-state index contributed by atoms with van der Waals surface area (Å²) in [5.74, 6) is 0.372. The number of aryl methyl sites for hydroxylation is 1. The van der Waals surface area contributed by atoms with Crippen LogP contribution in [0.15, 0.2) is 66.7 Å². The zero-order valence-corrected chi connectivity index (χ0v) is 19.9. The Morgan fingerprint density at radius 1 is 1.00 bits per heavy atom. The fraction of sp³-hybridized carbons (Fsp3) is 0.321. The van der Waals surface area contributed by atoms with Crippen LogP contribution < -0.4 is 15.1 Å². The van der Waals surface area contributed by atoms with Gasteiger partial charge in [0.2, 0.25) is 0 Å². The number of hydrogen-bond acceptors (Lipinski definition) is 2. The Morgan fingerprint density at radius 3 is 2.62 bits per heavy atom. The number of anilines is 3. The van der Waals surface area contributed by atoms with Gasteiger partial charge in [-0.15, -0.1) is 0 Å². The van der Waals surface area contributed by atoms with Gasteiger partial charge in [0.1, 0.15) is 5.82 Å². The van der Waals surface area contributed by atoms with Crippen LogP contribution >= 0.6 is 11.6 Å². The summed E-state index contributed by atoms with van der Waals surface area (Å²) in [7, 11) is 0. The molecule has 1 fully saturated rings. The number of benzene rings is 3. The van der Waals surface area contributed by atoms with E-state index in [1.165, 1.54) is 48.2 Å². The second kappa shape index (κ2) is 10.1. The lowest BCUT2D eigenvalue weighted by atomic mass is 9.90. The Hall–Kier alpha value is -3.05. The van der Waals surface area contributed by atoms with Crippen LogP contribution in [0.4, 0.5) is 26.2 Å². The van der Waals surface area contributed by atoms with Crippen molar-refractivity contribution in [1.82, 2.24) is 0 Å². The van der Waals surface area contributed by atoms with E-state index in [1.807, 2.05) is 18.2 Å². The molecule has 0 aliphatic carbocycles. The lowest BCUT2D eigenvalue weighted by molar-refractivity contribution is 0.257. The average molecular weight is 478 g/mol. The van der Waals surface area contributed by atoms with Gasteiger partial charge < -0.3 is 10.2 Å². The topological polar surface area (TPSA) is 35.6 Å². The zero-order valence-electron chi connectivity index (χ0n) is 19.1. The number of carbonyl (C=O) groups excluding carboxylic acids is 1. The third-order valence-corrected chi connectivity index (χ3v) is 7.22. The molecule has 0 radical (unpaired) electrons. The van der Waals surface area contributed by atoms with E-state index in [1.54, 1.807) is 17.0 Å². The summed E-state index contributed by atoms with van der Waals surface area (Å²) in [4.78, 5) is 16.9. The Kier molecular flexibility index (Phi) is 6.73. The van der Waals surface area contributed by atoms with Crippen molar-refractivity contribution in [3.8, 4) is 0 Å². The molecule has 3 aromatic rings. The highest BCUT2D eigenvalue weighted by atomic mass is 35.5. The number of fused-ring (bicyclic) bond motifs is 1. The summed E-state index contributed by atoms with van der Waals surface area (Å²) in [5, 5.41) is 3.60. The van der Waals surface area contributed by atoms with Gasteiger partial charge in [-0.3, -0.25) is 4.90 Å². The minimum Gasteiger partial charge on any atom is -0.371 e. The largest absolute Gasteiger partial charge is 0.371 e. The molecule has 2 aliphatic heterocycles. The molecule has 4 nitrogen and oxygen atoms in total. The monoisotopic (exact) mass is 477 g/mol. The number of halogens is 2. The van der Waals surface area contributed by atoms with E-state index in [0.29, 0.717) is 12.2 Å². The summed E-state index contributed by atoms with van der Waals surface area (Å²) >= 11 is 6.15. The number of nitrogens with one attached hydrogen (secondary N) is 1. The van der Waals surface area contributed by atoms with Crippen LogP contribution in [-0.2, 0) is 12.8 Å². The van der Waals surface area contributed by atoms with Gasteiger partial charge in [0.25, 0.3) is 0 Å². The second-order valence-electron chi connectivity index (χ2n) is 9.25. The van der Waals surface area contributed by atoms with Crippen molar-refractivity contribution in [2.45, 2.75) is 32.1 Å². The van der Waals surface area contributed by atoms with Gasteiger partial charge in [0, 0.05) is 41.7 Å². The number of nitrogens with zero attached hydrogens (tertiary/aromatic N) is 2. The molecular weight excluding hydrogens is 449 g/mol. The van der Waals surface area contributed by atoms with Gasteiger partial charge in [0.05, 0.1) is 0 Å². The number of amides is 2. The molecule has 0 unspecified atom stereocenters. The normalized spacial score (nSPS) is 15.9. The third kappa shape index (κ3) is 5.20. The van der Waals surface area contributed by atoms with Gasteiger partial charge in [-0.2, -0.15) is 0 Å². The van der Waals surface area contributed by atoms with Crippen molar-refractivity contribution in [3.05, 3.63) is 88.7 Å². The van der Waals surface area contributed by atoms with Crippen molar-refractivity contribution in [1.29, 1.82) is 0 Å². The highest BCUT2D eigenvalue weighted by Gasteiger charge is 2.25. The van der Waals surface area contributed by atoms with Gasteiger partial charge in [-0.25, -0.2) is 9.18 Å². The van der Waals surface area contributed by atoms with Gasteiger partial charge in [-0.1, -0.05) is 35.9 Å². The highest BCUT2D eigenvalue weighted by Crippen LogP contribution is 2.32. The second-order valence-corrected chi connectivity index (χ2v) is 9.69. The molecule has 34 heavy (non-hydrogen) atoms. The molecule has 2 amide bonds. The summed E-state index contributed by atoms with van der Waals surface area (Å²) in [5.41, 5.74) is 5.19. The predicted molar refractivity (Wildman–Crippen MR) is 138 cm³/mol. The minimum absolute atomic E-state index is 0.219. The van der Waals surface area contributed by atoms with Gasteiger partial charge >= 0.3 is 6.03 Å². The van der Waals surface area contributed by atoms with Crippen LogP contribution in [0.5, 0.6) is 0 Å². The maximum Gasteiger partial charge on any atom is 0.326 e. The van der Waals surface area contributed by atoms with E-state index in [2.05, 4.69) is 34.5 Å². The number of urea groups is 1. The molecular formula is C28H29ClFN3O. The molecule has 5 rings (SSSR count). The lowest BCUT2D eigenvalue weighted by Crippen LogP contribution is -2.33. The Labute approximate surface area is 205 Å². The average Bonchev–Trinajstić information content (AvgIpc) is 3.27. The molecule has 0 atom stereocenters. The minimum atomic E-state index is -0.362. The molecule has 0 spiro atoms. The fourth-order valence-electron chi connectivity index (χ4n) is 5.10. The van der Waals surface area contributed by atoms with Crippen molar-refractivity contribution in [2.24, 2.45) is 5.92 Å². The summed E-state index contributed by atoms with van der Waals surface area (Å²) in [6.45, 7) is 2.79. The molecule has 0 bridgehead atoms. The first-order valence-corrected chi connectivity index (χ1v) is 12.4. The van der Waals surface area contributed by atoms with Crippen molar-refractivity contribution in [2.75, 3.05) is 34.8 Å². The van der Waals surface area contributed by atoms with E-state index >= 15 is 0 Å². The van der Waals surface area contributed by atoms with Crippen LogP contribution in [-0.4, -0.2) is 25.7 Å². The molecule has 6 heteroatoms. The standard InChI is InChI=1S/C28H29ClFN3O/c29-23-3-1-6-26(18-23)32-14-11-20(12-15-32)7-8-21-9-10-27-22(17-21)13-16-33(27)28(34)31-25-5-2-4-24(30)19-25/h1-6,9-10,17-20H,7-8,11-16H2,(H,31,34). The molecule has 0 saturated carbocycles. The van der Waals surface area contributed by atoms with Crippen LogP contribution in [0.2, 0.25) is 5.02 Å². The summed E-state index contributed by atoms with van der Waals surface area (Å²) < 4.78 is 13.4. The van der Waals surface area contributed by atoms with E-state index < -0.39 is 0 Å². The first kappa shape index (κ1) is 22.7. The lowest BCUT2D eigenvalue weighted by Gasteiger charge is -2.33. The quantitative estimate of drug-likeness (QED) is 0.432. The Morgan fingerprint density at radius 2 is 1.82 bits per heavy atom. The van der Waals surface area contributed by atoms with Crippen LogP contribution in [0.3, 0.4) is 0 Å². The van der Waals surface area contributed by atoms with E-state index in [0.717, 1.165) is 42.6 Å². The predicted octanol–water partition coefficient (Wildman–Crippen LogP) is 6.92. The summed E-state index contributed by atoms with van der Waals surface area (Å²) in [6, 6.07) is 20.4. The van der Waals surface area contributed by atoms with Gasteiger partial charge in [-0.05, 0) is 91.6 Å². The Balaban J connectivity index is 1.14. The first-order chi connectivity index (χ1) is 16.5. The molecule has 3 aromatic carbocycles. The number of piperidine rings is 1. The molecule has 2 heterocycles. The fourth-order valence-corrected chi connectivity index (χ4v) is 5.29. The third-order valence-electron chi connectivity index (χ3n) is 6.99. The number of carbonyl (C=O) groups is 1. The smallest absolute Gasteiger partial charge is 0.326 e. The first-order valence-electron chi connectivity index (χ1n) is 12.0. The van der Waals surface area contributed by atoms with Crippen molar-refractivity contribution >= 4 is 34.7 Å². The molecule has 1 N–H and O–H groups in total. The summed E-state index contributed by atoms with van der Waals surface area (Å²) in [6.07, 6.45) is 5.49. The van der Waals surface area contributed by atoms with Gasteiger partial charge in [0.15, 0.2) is 0 Å². The molecule has 1 saturated heterocycles. The Bertz CT molecular complexity index is 1180. The zero-order chi connectivity index (χ0) is 23.5.